The summed E-state index contributed by atoms with van der Waals surface area (Å²) < 4.78 is 27.0. The fourth-order valence-corrected chi connectivity index (χ4v) is 4.34. The van der Waals surface area contributed by atoms with Gasteiger partial charge in [0.2, 0.25) is 10.0 Å². The number of benzene rings is 2. The first kappa shape index (κ1) is 17.6. The number of carbonyl (C=O) groups is 1. The molecule has 132 valence electrons. The molecule has 0 unspecified atom stereocenters. The van der Waals surface area contributed by atoms with Crippen molar-refractivity contribution in [1.29, 1.82) is 0 Å². The zero-order valence-electron chi connectivity index (χ0n) is 14.6. The van der Waals surface area contributed by atoms with Crippen LogP contribution < -0.4 is 9.62 Å². The van der Waals surface area contributed by atoms with Crippen LogP contribution in [0.5, 0.6) is 0 Å². The number of para-hydroxylation sites is 1. The molecule has 1 N–H and O–H groups in total. The van der Waals surface area contributed by atoms with Gasteiger partial charge in [-0.15, -0.1) is 0 Å². The SMILES string of the molecule is CCNS(=O)(=O)c1ccc(C)c(C(=O)N2c3ccccc3C[C@H]2C)c1. The summed E-state index contributed by atoms with van der Waals surface area (Å²) in [6, 6.07) is 12.6. The minimum Gasteiger partial charge on any atom is -0.305 e. The zero-order valence-corrected chi connectivity index (χ0v) is 15.4. The minimum atomic E-state index is -3.60. The molecule has 25 heavy (non-hydrogen) atoms. The van der Waals surface area contributed by atoms with Crippen molar-refractivity contribution in [3.05, 3.63) is 59.2 Å². The number of hydrogen-bond donors (Lipinski definition) is 1. The number of amides is 1. The van der Waals surface area contributed by atoms with Gasteiger partial charge in [0.25, 0.3) is 5.91 Å². The van der Waals surface area contributed by atoms with Gasteiger partial charge < -0.3 is 4.90 Å². The highest BCUT2D eigenvalue weighted by Crippen LogP contribution is 2.33. The van der Waals surface area contributed by atoms with Gasteiger partial charge in [0.1, 0.15) is 0 Å². The lowest BCUT2D eigenvalue weighted by Gasteiger charge is -2.24. The fraction of sp³-hybridized carbons (Fsp3) is 0.316. The average molecular weight is 358 g/mol. The number of sulfonamides is 1. The first-order valence-electron chi connectivity index (χ1n) is 8.37. The van der Waals surface area contributed by atoms with Crippen LogP contribution in [0.1, 0.15) is 35.3 Å². The lowest BCUT2D eigenvalue weighted by Crippen LogP contribution is -2.36. The monoisotopic (exact) mass is 358 g/mol. The average Bonchev–Trinajstić information content (AvgIpc) is 2.90. The Labute approximate surface area is 148 Å². The molecule has 0 aromatic heterocycles. The van der Waals surface area contributed by atoms with Crippen LogP contribution in [-0.2, 0) is 16.4 Å². The van der Waals surface area contributed by atoms with Gasteiger partial charge >= 0.3 is 0 Å². The third kappa shape index (κ3) is 3.19. The summed E-state index contributed by atoms with van der Waals surface area (Å²) in [5.41, 5.74) is 3.22. The molecule has 6 heteroatoms. The van der Waals surface area contributed by atoms with Crippen LogP contribution in [0.4, 0.5) is 5.69 Å². The van der Waals surface area contributed by atoms with Gasteiger partial charge in [0.05, 0.1) is 4.90 Å². The summed E-state index contributed by atoms with van der Waals surface area (Å²) in [6.07, 6.45) is 0.802. The Hall–Kier alpha value is -2.18. The molecule has 1 aliphatic heterocycles. The molecule has 1 amide bonds. The number of hydrogen-bond acceptors (Lipinski definition) is 3. The summed E-state index contributed by atoms with van der Waals surface area (Å²) in [5, 5.41) is 0. The van der Waals surface area contributed by atoms with Gasteiger partial charge in [-0.2, -0.15) is 0 Å². The number of nitrogens with one attached hydrogen (secondary N) is 1. The Morgan fingerprint density at radius 1 is 1.24 bits per heavy atom. The lowest BCUT2D eigenvalue weighted by atomic mass is 10.1. The van der Waals surface area contributed by atoms with Crippen LogP contribution >= 0.6 is 0 Å². The van der Waals surface area contributed by atoms with Crippen LogP contribution in [-0.4, -0.2) is 26.9 Å². The van der Waals surface area contributed by atoms with E-state index in [1.54, 1.807) is 17.9 Å². The van der Waals surface area contributed by atoms with E-state index in [0.717, 1.165) is 23.2 Å². The summed E-state index contributed by atoms with van der Waals surface area (Å²) in [4.78, 5) is 15.1. The quantitative estimate of drug-likeness (QED) is 0.914. The molecule has 0 bridgehead atoms. The number of aryl methyl sites for hydroxylation is 1. The normalized spacial score (nSPS) is 16.8. The van der Waals surface area contributed by atoms with Crippen molar-refractivity contribution < 1.29 is 13.2 Å². The lowest BCUT2D eigenvalue weighted by molar-refractivity contribution is 0.0980. The molecule has 0 saturated carbocycles. The van der Waals surface area contributed by atoms with Crippen LogP contribution in [0.25, 0.3) is 0 Å². The molecule has 0 spiro atoms. The van der Waals surface area contributed by atoms with E-state index >= 15 is 0 Å². The van der Waals surface area contributed by atoms with Crippen molar-refractivity contribution in [1.82, 2.24) is 4.72 Å². The fourth-order valence-electron chi connectivity index (χ4n) is 3.28. The van der Waals surface area contributed by atoms with E-state index in [0.29, 0.717) is 12.1 Å². The van der Waals surface area contributed by atoms with Crippen molar-refractivity contribution in [2.24, 2.45) is 0 Å². The number of fused-ring (bicyclic) bond motifs is 1. The number of nitrogens with zero attached hydrogens (tertiary/aromatic N) is 1. The van der Waals surface area contributed by atoms with E-state index in [1.165, 1.54) is 12.1 Å². The first-order chi connectivity index (χ1) is 11.8. The van der Waals surface area contributed by atoms with Crippen molar-refractivity contribution in [2.45, 2.75) is 38.1 Å². The van der Waals surface area contributed by atoms with Crippen molar-refractivity contribution in [3.63, 3.8) is 0 Å². The Kier molecular flexibility index (Phi) is 4.67. The molecule has 2 aromatic carbocycles. The van der Waals surface area contributed by atoms with Gasteiger partial charge in [0, 0.05) is 23.8 Å². The van der Waals surface area contributed by atoms with Gasteiger partial charge in [-0.3, -0.25) is 4.79 Å². The summed E-state index contributed by atoms with van der Waals surface area (Å²) >= 11 is 0. The third-order valence-electron chi connectivity index (χ3n) is 4.51. The minimum absolute atomic E-state index is 0.0401. The smallest absolute Gasteiger partial charge is 0.258 e. The summed E-state index contributed by atoms with van der Waals surface area (Å²) in [6.45, 7) is 5.85. The maximum Gasteiger partial charge on any atom is 0.258 e. The van der Waals surface area contributed by atoms with Crippen molar-refractivity contribution in [3.8, 4) is 0 Å². The van der Waals surface area contributed by atoms with Gasteiger partial charge in [-0.05, 0) is 49.6 Å². The second kappa shape index (κ2) is 6.61. The van der Waals surface area contributed by atoms with Gasteiger partial charge in [0.15, 0.2) is 0 Å². The molecule has 0 aliphatic carbocycles. The van der Waals surface area contributed by atoms with E-state index < -0.39 is 10.0 Å². The highest BCUT2D eigenvalue weighted by Gasteiger charge is 2.32. The topological polar surface area (TPSA) is 66.5 Å². The molecule has 1 atom stereocenters. The number of rotatable bonds is 4. The molecular weight excluding hydrogens is 336 g/mol. The van der Waals surface area contributed by atoms with Crippen LogP contribution in [0.15, 0.2) is 47.4 Å². The molecule has 0 fully saturated rings. The molecule has 5 nitrogen and oxygen atoms in total. The maximum atomic E-state index is 13.2. The van der Waals surface area contributed by atoms with E-state index in [-0.39, 0.29) is 16.8 Å². The second-order valence-corrected chi connectivity index (χ2v) is 8.10. The standard InChI is InChI=1S/C19H22N2O3S/c1-4-20-25(23,24)16-10-9-13(2)17(12-16)19(22)21-14(3)11-15-7-5-6-8-18(15)21/h5-10,12,14,20H,4,11H2,1-3H3/t14-/m1/s1. The summed E-state index contributed by atoms with van der Waals surface area (Å²) in [7, 11) is -3.60. The van der Waals surface area contributed by atoms with Gasteiger partial charge in [-0.1, -0.05) is 31.2 Å². The van der Waals surface area contributed by atoms with E-state index in [4.69, 9.17) is 0 Å². The molecule has 2 aromatic rings. The second-order valence-electron chi connectivity index (χ2n) is 6.34. The number of anilines is 1. The van der Waals surface area contributed by atoms with E-state index in [1.807, 2.05) is 38.1 Å². The van der Waals surface area contributed by atoms with Crippen LogP contribution in [0, 0.1) is 6.92 Å². The molecule has 0 radical (unpaired) electrons. The Balaban J connectivity index is 2.04. The highest BCUT2D eigenvalue weighted by molar-refractivity contribution is 7.89. The van der Waals surface area contributed by atoms with Crippen LogP contribution in [0.3, 0.4) is 0 Å². The highest BCUT2D eigenvalue weighted by atomic mass is 32.2. The predicted molar refractivity (Wildman–Crippen MR) is 98.5 cm³/mol. The van der Waals surface area contributed by atoms with Crippen molar-refractivity contribution >= 4 is 21.6 Å². The Morgan fingerprint density at radius 3 is 2.68 bits per heavy atom. The Bertz CT molecular complexity index is 922. The van der Waals surface area contributed by atoms with E-state index in [9.17, 15) is 13.2 Å². The largest absolute Gasteiger partial charge is 0.305 e. The first-order valence-corrected chi connectivity index (χ1v) is 9.85. The van der Waals surface area contributed by atoms with Crippen molar-refractivity contribution in [2.75, 3.05) is 11.4 Å². The predicted octanol–water partition coefficient (Wildman–Crippen LogP) is 2.88. The van der Waals surface area contributed by atoms with Gasteiger partial charge in [-0.25, -0.2) is 13.1 Å². The Morgan fingerprint density at radius 2 is 1.96 bits per heavy atom. The third-order valence-corrected chi connectivity index (χ3v) is 6.05. The zero-order chi connectivity index (χ0) is 18.2. The molecule has 1 heterocycles. The number of carbonyl (C=O) groups excluding carboxylic acids is 1. The van der Waals surface area contributed by atoms with E-state index in [2.05, 4.69) is 4.72 Å². The molecule has 0 saturated heterocycles. The maximum absolute atomic E-state index is 13.2. The molecular formula is C19H22N2O3S. The molecule has 1 aliphatic rings. The summed E-state index contributed by atoms with van der Waals surface area (Å²) in [5.74, 6) is -0.163. The molecule has 3 rings (SSSR count). The van der Waals surface area contributed by atoms with Crippen LogP contribution in [0.2, 0.25) is 0 Å².